The van der Waals surface area contributed by atoms with Crippen LogP contribution in [-0.2, 0) is 24.7 Å². The molecule has 0 aliphatic carbocycles. The van der Waals surface area contributed by atoms with Crippen LogP contribution in [0, 0.1) is 6.92 Å². The normalized spacial score (nSPS) is 12.8. The SMILES string of the molecule is CCC(NC(=O)CN(c1ccc(C(C)C)cc1)S(=O)(=O)c1ccc(C)cc1)c1ccc(S(C)(=O)=O)cc1. The van der Waals surface area contributed by atoms with E-state index in [-0.39, 0.29) is 15.7 Å². The standard InChI is InChI=1S/C28H34N2O5S2/c1-6-27(23-11-17-25(18-12-23)36(5,32)33)29-28(31)19-30(24-13-9-22(10-14-24)20(2)3)37(34,35)26-15-7-21(4)8-16-26/h7-18,20,27H,6,19H2,1-5H3,(H,29,31). The van der Waals surface area contributed by atoms with Crippen molar-refractivity contribution in [3.8, 4) is 0 Å². The Morgan fingerprint density at radius 3 is 1.81 bits per heavy atom. The van der Waals surface area contributed by atoms with E-state index in [2.05, 4.69) is 19.2 Å². The molecule has 0 radical (unpaired) electrons. The van der Waals surface area contributed by atoms with Crippen LogP contribution >= 0.6 is 0 Å². The van der Waals surface area contributed by atoms with Crippen LogP contribution in [0.5, 0.6) is 0 Å². The second-order valence-corrected chi connectivity index (χ2v) is 13.3. The van der Waals surface area contributed by atoms with Gasteiger partial charge in [-0.1, -0.05) is 62.7 Å². The number of rotatable bonds is 10. The Bertz CT molecular complexity index is 1430. The number of hydrogen-bond donors (Lipinski definition) is 1. The van der Waals surface area contributed by atoms with E-state index < -0.39 is 38.4 Å². The second kappa shape index (κ2) is 11.5. The average molecular weight is 543 g/mol. The van der Waals surface area contributed by atoms with Crippen molar-refractivity contribution in [1.82, 2.24) is 5.32 Å². The first-order chi connectivity index (χ1) is 17.3. The van der Waals surface area contributed by atoms with Crippen molar-refractivity contribution in [2.75, 3.05) is 17.1 Å². The molecule has 0 saturated carbocycles. The topological polar surface area (TPSA) is 101 Å². The summed E-state index contributed by atoms with van der Waals surface area (Å²) >= 11 is 0. The van der Waals surface area contributed by atoms with Crippen LogP contribution in [0.4, 0.5) is 5.69 Å². The van der Waals surface area contributed by atoms with Crippen molar-refractivity contribution in [2.24, 2.45) is 0 Å². The molecule has 1 amide bonds. The Kier molecular flexibility index (Phi) is 8.81. The molecule has 0 heterocycles. The first-order valence-electron chi connectivity index (χ1n) is 12.1. The molecule has 198 valence electrons. The third-order valence-electron chi connectivity index (χ3n) is 6.20. The third kappa shape index (κ3) is 6.99. The summed E-state index contributed by atoms with van der Waals surface area (Å²) in [5.74, 6) is -0.193. The fourth-order valence-corrected chi connectivity index (χ4v) is 5.97. The van der Waals surface area contributed by atoms with Crippen LogP contribution in [0.15, 0.2) is 82.6 Å². The summed E-state index contributed by atoms with van der Waals surface area (Å²) in [4.78, 5) is 13.5. The predicted molar refractivity (Wildman–Crippen MR) is 147 cm³/mol. The highest BCUT2D eigenvalue weighted by Gasteiger charge is 2.28. The van der Waals surface area contributed by atoms with Crippen LogP contribution in [0.2, 0.25) is 0 Å². The quantitative estimate of drug-likeness (QED) is 0.389. The highest BCUT2D eigenvalue weighted by Crippen LogP contribution is 2.27. The number of sulfone groups is 1. The van der Waals surface area contributed by atoms with E-state index in [4.69, 9.17) is 0 Å². The molecule has 3 aromatic carbocycles. The molecule has 3 aromatic rings. The lowest BCUT2D eigenvalue weighted by Crippen LogP contribution is -2.42. The number of benzene rings is 3. The van der Waals surface area contributed by atoms with Crippen molar-refractivity contribution in [3.63, 3.8) is 0 Å². The van der Waals surface area contributed by atoms with E-state index in [1.165, 1.54) is 24.3 Å². The molecule has 0 aliphatic rings. The summed E-state index contributed by atoms with van der Waals surface area (Å²) in [6, 6.07) is 19.6. The molecule has 0 aliphatic heterocycles. The van der Waals surface area contributed by atoms with Gasteiger partial charge in [-0.3, -0.25) is 9.10 Å². The Morgan fingerprint density at radius 2 is 1.32 bits per heavy atom. The maximum atomic E-state index is 13.6. The molecule has 1 N–H and O–H groups in total. The minimum atomic E-state index is -4.02. The lowest BCUT2D eigenvalue weighted by atomic mass is 10.0. The summed E-state index contributed by atoms with van der Waals surface area (Å²) in [5, 5.41) is 2.91. The number of nitrogens with one attached hydrogen (secondary N) is 1. The van der Waals surface area contributed by atoms with Gasteiger partial charge in [-0.15, -0.1) is 0 Å². The Morgan fingerprint density at radius 1 is 0.811 bits per heavy atom. The van der Waals surface area contributed by atoms with Gasteiger partial charge in [-0.2, -0.15) is 0 Å². The van der Waals surface area contributed by atoms with Crippen molar-refractivity contribution in [3.05, 3.63) is 89.5 Å². The summed E-state index contributed by atoms with van der Waals surface area (Å²) < 4.78 is 52.0. The maximum Gasteiger partial charge on any atom is 0.264 e. The molecule has 1 atom stereocenters. The molecule has 9 heteroatoms. The van der Waals surface area contributed by atoms with Crippen molar-refractivity contribution < 1.29 is 21.6 Å². The van der Waals surface area contributed by atoms with Crippen molar-refractivity contribution in [2.45, 2.75) is 55.9 Å². The van der Waals surface area contributed by atoms with Gasteiger partial charge in [-0.05, 0) is 66.8 Å². The van der Waals surface area contributed by atoms with Gasteiger partial charge in [0.15, 0.2) is 9.84 Å². The zero-order valence-corrected chi connectivity index (χ0v) is 23.4. The van der Waals surface area contributed by atoms with Gasteiger partial charge in [0.05, 0.1) is 21.5 Å². The van der Waals surface area contributed by atoms with E-state index in [9.17, 15) is 21.6 Å². The van der Waals surface area contributed by atoms with Gasteiger partial charge in [0.1, 0.15) is 6.54 Å². The number of carbonyl (C=O) groups is 1. The van der Waals surface area contributed by atoms with E-state index >= 15 is 0 Å². The summed E-state index contributed by atoms with van der Waals surface area (Å²) in [5.41, 5.74) is 3.12. The van der Waals surface area contributed by atoms with Crippen LogP contribution in [0.1, 0.15) is 55.8 Å². The summed E-state index contributed by atoms with van der Waals surface area (Å²) in [6.07, 6.45) is 1.68. The molecular weight excluding hydrogens is 508 g/mol. The second-order valence-electron chi connectivity index (χ2n) is 9.44. The van der Waals surface area contributed by atoms with Gasteiger partial charge in [-0.25, -0.2) is 16.8 Å². The van der Waals surface area contributed by atoms with Gasteiger partial charge in [0.2, 0.25) is 5.91 Å². The van der Waals surface area contributed by atoms with Gasteiger partial charge in [0, 0.05) is 6.26 Å². The number of amides is 1. The van der Waals surface area contributed by atoms with Crippen LogP contribution in [0.25, 0.3) is 0 Å². The number of aryl methyl sites for hydroxylation is 1. The number of anilines is 1. The molecule has 0 saturated heterocycles. The van der Waals surface area contributed by atoms with Crippen molar-refractivity contribution >= 4 is 31.5 Å². The lowest BCUT2D eigenvalue weighted by molar-refractivity contribution is -0.120. The monoisotopic (exact) mass is 542 g/mol. The highest BCUT2D eigenvalue weighted by atomic mass is 32.2. The smallest absolute Gasteiger partial charge is 0.264 e. The van der Waals surface area contributed by atoms with Gasteiger partial charge >= 0.3 is 0 Å². The van der Waals surface area contributed by atoms with E-state index in [1.807, 2.05) is 26.0 Å². The van der Waals surface area contributed by atoms with Crippen LogP contribution in [-0.4, -0.2) is 35.5 Å². The minimum Gasteiger partial charge on any atom is -0.348 e. The zero-order chi connectivity index (χ0) is 27.4. The van der Waals surface area contributed by atoms with Crippen LogP contribution in [0.3, 0.4) is 0 Å². The zero-order valence-electron chi connectivity index (χ0n) is 21.8. The Hall–Kier alpha value is -3.17. The average Bonchev–Trinajstić information content (AvgIpc) is 2.85. The summed E-state index contributed by atoms with van der Waals surface area (Å²) in [7, 11) is -7.36. The number of sulfonamides is 1. The Balaban J connectivity index is 1.91. The lowest BCUT2D eigenvalue weighted by Gasteiger charge is -2.26. The molecule has 3 rings (SSSR count). The Labute approximate surface area is 220 Å². The van der Waals surface area contributed by atoms with E-state index in [0.717, 1.165) is 27.3 Å². The molecule has 7 nitrogen and oxygen atoms in total. The molecule has 0 aromatic heterocycles. The van der Waals surface area contributed by atoms with E-state index in [0.29, 0.717) is 12.1 Å². The summed E-state index contributed by atoms with van der Waals surface area (Å²) in [6.45, 7) is 7.46. The molecule has 0 spiro atoms. The van der Waals surface area contributed by atoms with Crippen molar-refractivity contribution in [1.29, 1.82) is 0 Å². The highest BCUT2D eigenvalue weighted by molar-refractivity contribution is 7.93. The maximum absolute atomic E-state index is 13.6. The molecule has 1 unspecified atom stereocenters. The number of carbonyl (C=O) groups excluding carboxylic acids is 1. The fraction of sp³-hybridized carbons (Fsp3) is 0.321. The molecular formula is C28H34N2O5S2. The largest absolute Gasteiger partial charge is 0.348 e. The molecule has 0 bridgehead atoms. The van der Waals surface area contributed by atoms with Gasteiger partial charge in [0.25, 0.3) is 10.0 Å². The van der Waals surface area contributed by atoms with E-state index in [1.54, 1.807) is 36.4 Å². The molecule has 37 heavy (non-hydrogen) atoms. The fourth-order valence-electron chi connectivity index (χ4n) is 3.92. The van der Waals surface area contributed by atoms with Crippen LogP contribution < -0.4 is 9.62 Å². The first kappa shape index (κ1) is 28.4. The minimum absolute atomic E-state index is 0.0993. The first-order valence-corrected chi connectivity index (χ1v) is 15.4. The number of hydrogen-bond acceptors (Lipinski definition) is 5. The third-order valence-corrected chi connectivity index (χ3v) is 9.11. The molecule has 0 fully saturated rings. The predicted octanol–water partition coefficient (Wildman–Crippen LogP) is 4.98. The number of nitrogens with zero attached hydrogens (tertiary/aromatic N) is 1. The van der Waals surface area contributed by atoms with Gasteiger partial charge < -0.3 is 5.32 Å².